The van der Waals surface area contributed by atoms with Crippen LogP contribution in [0.5, 0.6) is 0 Å². The fourth-order valence-corrected chi connectivity index (χ4v) is 3.84. The lowest BCUT2D eigenvalue weighted by Gasteiger charge is -2.07. The summed E-state index contributed by atoms with van der Waals surface area (Å²) < 4.78 is 2.26. The highest BCUT2D eigenvalue weighted by Crippen LogP contribution is 2.21. The number of amides is 1. The van der Waals surface area contributed by atoms with Crippen LogP contribution in [0.15, 0.2) is 45.0 Å². The number of aryl methyl sites for hydroxylation is 1. The van der Waals surface area contributed by atoms with Crippen molar-refractivity contribution in [3.63, 3.8) is 0 Å². The summed E-state index contributed by atoms with van der Waals surface area (Å²) in [5.41, 5.74) is 0.819. The van der Waals surface area contributed by atoms with Gasteiger partial charge in [0.15, 0.2) is 4.34 Å². The Balaban J connectivity index is 1.52. The third kappa shape index (κ3) is 4.01. The molecule has 0 radical (unpaired) electrons. The summed E-state index contributed by atoms with van der Waals surface area (Å²) in [6, 6.07) is 7.33. The first-order valence-electron chi connectivity index (χ1n) is 7.40. The Morgan fingerprint density at radius 2 is 2.21 bits per heavy atom. The number of thioether (sulfide) groups is 1. The van der Waals surface area contributed by atoms with E-state index in [0.29, 0.717) is 24.2 Å². The second kappa shape index (κ2) is 7.59. The number of benzene rings is 1. The zero-order valence-electron chi connectivity index (χ0n) is 13.1. The van der Waals surface area contributed by atoms with Gasteiger partial charge in [-0.05, 0) is 13.0 Å². The minimum atomic E-state index is -0.144. The maximum Gasteiger partial charge on any atom is 0.274 e. The van der Waals surface area contributed by atoms with E-state index in [4.69, 9.17) is 0 Å². The second-order valence-corrected chi connectivity index (χ2v) is 7.23. The van der Waals surface area contributed by atoms with Gasteiger partial charge in [-0.2, -0.15) is 5.10 Å². The Bertz CT molecular complexity index is 920. The lowest BCUT2D eigenvalue weighted by atomic mass is 10.2. The number of hydrogen-bond acceptors (Lipinski definition) is 6. The first-order valence-corrected chi connectivity index (χ1v) is 9.26. The number of nitrogens with one attached hydrogen (secondary N) is 1. The molecule has 0 atom stereocenters. The molecule has 0 aliphatic rings. The summed E-state index contributed by atoms with van der Waals surface area (Å²) in [4.78, 5) is 28.4. The lowest BCUT2D eigenvalue weighted by molar-refractivity contribution is -0.118. The quantitative estimate of drug-likeness (QED) is 0.681. The summed E-state index contributed by atoms with van der Waals surface area (Å²) in [7, 11) is 0. The van der Waals surface area contributed by atoms with E-state index in [1.807, 2.05) is 30.5 Å². The minimum Gasteiger partial charge on any atom is -0.354 e. The highest BCUT2D eigenvalue weighted by atomic mass is 32.2. The maximum atomic E-state index is 12.3. The second-order valence-electron chi connectivity index (χ2n) is 5.15. The Kier molecular flexibility index (Phi) is 5.27. The zero-order chi connectivity index (χ0) is 16.9. The van der Waals surface area contributed by atoms with Crippen molar-refractivity contribution < 1.29 is 4.79 Å². The number of rotatable bonds is 6. The van der Waals surface area contributed by atoms with Crippen molar-refractivity contribution >= 4 is 39.8 Å². The van der Waals surface area contributed by atoms with Crippen molar-refractivity contribution in [2.75, 3.05) is 12.3 Å². The number of carbonyl (C=O) groups is 1. The van der Waals surface area contributed by atoms with E-state index in [9.17, 15) is 9.59 Å². The highest BCUT2D eigenvalue weighted by molar-refractivity contribution is 8.01. The molecule has 1 amide bonds. The number of fused-ring (bicyclic) bond motifs is 1. The topological polar surface area (TPSA) is 76.9 Å². The van der Waals surface area contributed by atoms with Crippen molar-refractivity contribution in [3.8, 4) is 0 Å². The van der Waals surface area contributed by atoms with Crippen LogP contribution in [-0.2, 0) is 11.3 Å². The van der Waals surface area contributed by atoms with Gasteiger partial charge in [0.2, 0.25) is 5.91 Å². The molecular weight excluding hydrogens is 344 g/mol. The molecule has 8 heteroatoms. The SMILES string of the molecule is Cc1csc(SCC(=O)NCCn2ncc3ccccc3c2=O)n1. The zero-order valence-corrected chi connectivity index (χ0v) is 14.7. The van der Waals surface area contributed by atoms with E-state index < -0.39 is 0 Å². The van der Waals surface area contributed by atoms with Gasteiger partial charge in [0.05, 0.1) is 23.9 Å². The monoisotopic (exact) mass is 360 g/mol. The summed E-state index contributed by atoms with van der Waals surface area (Å²) in [5, 5.41) is 10.3. The van der Waals surface area contributed by atoms with E-state index in [0.717, 1.165) is 15.4 Å². The first-order chi connectivity index (χ1) is 11.6. The summed E-state index contributed by atoms with van der Waals surface area (Å²) >= 11 is 2.94. The standard InChI is InChI=1S/C16H16N4O2S2/c1-11-9-23-16(19-11)24-10-14(21)17-6-7-20-15(22)13-5-3-2-4-12(13)8-18-20/h2-5,8-9H,6-7,10H2,1H3,(H,17,21). The molecule has 0 bridgehead atoms. The normalized spacial score (nSPS) is 10.9. The van der Waals surface area contributed by atoms with Gasteiger partial charge in [-0.3, -0.25) is 9.59 Å². The molecule has 3 rings (SSSR count). The number of thiazole rings is 1. The van der Waals surface area contributed by atoms with Crippen molar-refractivity contribution in [2.45, 2.75) is 17.8 Å². The van der Waals surface area contributed by atoms with E-state index in [2.05, 4.69) is 15.4 Å². The first kappa shape index (κ1) is 16.7. The predicted octanol–water partition coefficient (Wildman–Crippen LogP) is 2.07. The van der Waals surface area contributed by atoms with Crippen molar-refractivity contribution in [1.29, 1.82) is 0 Å². The van der Waals surface area contributed by atoms with Gasteiger partial charge in [-0.15, -0.1) is 11.3 Å². The number of carbonyl (C=O) groups excluding carboxylic acids is 1. The third-order valence-electron chi connectivity index (χ3n) is 3.33. The molecular formula is C16H16N4O2S2. The molecule has 1 aromatic carbocycles. The molecule has 2 heterocycles. The summed E-state index contributed by atoms with van der Waals surface area (Å²) in [5.74, 6) is 0.231. The summed E-state index contributed by atoms with van der Waals surface area (Å²) in [6.45, 7) is 2.63. The van der Waals surface area contributed by atoms with Crippen LogP contribution in [0, 0.1) is 6.92 Å². The Morgan fingerprint density at radius 1 is 1.38 bits per heavy atom. The van der Waals surface area contributed by atoms with E-state index in [1.165, 1.54) is 27.8 Å². The smallest absolute Gasteiger partial charge is 0.274 e. The van der Waals surface area contributed by atoms with Gasteiger partial charge >= 0.3 is 0 Å². The average Bonchev–Trinajstić information content (AvgIpc) is 3.01. The van der Waals surface area contributed by atoms with Crippen LogP contribution in [0.25, 0.3) is 10.8 Å². The molecule has 24 heavy (non-hydrogen) atoms. The number of aromatic nitrogens is 3. The van der Waals surface area contributed by atoms with Crippen molar-refractivity contribution in [3.05, 3.63) is 51.9 Å². The van der Waals surface area contributed by atoms with Crippen LogP contribution in [0.3, 0.4) is 0 Å². The average molecular weight is 360 g/mol. The molecule has 3 aromatic rings. The van der Waals surface area contributed by atoms with E-state index >= 15 is 0 Å². The van der Waals surface area contributed by atoms with Gasteiger partial charge in [-0.1, -0.05) is 30.0 Å². The van der Waals surface area contributed by atoms with Crippen molar-refractivity contribution in [1.82, 2.24) is 20.1 Å². The van der Waals surface area contributed by atoms with Gasteiger partial charge in [0.25, 0.3) is 5.56 Å². The van der Waals surface area contributed by atoms with Gasteiger partial charge in [0.1, 0.15) is 0 Å². The van der Waals surface area contributed by atoms with Crippen LogP contribution in [0.1, 0.15) is 5.69 Å². The Morgan fingerprint density at radius 3 is 3.00 bits per heavy atom. The molecule has 0 saturated heterocycles. The molecule has 0 fully saturated rings. The Labute approximate surface area is 146 Å². The molecule has 6 nitrogen and oxygen atoms in total. The fourth-order valence-electron chi connectivity index (χ4n) is 2.17. The Hall–Kier alpha value is -2.19. The minimum absolute atomic E-state index is 0.0818. The van der Waals surface area contributed by atoms with Gasteiger partial charge in [0, 0.05) is 23.0 Å². The molecule has 0 unspecified atom stereocenters. The number of hydrogen-bond donors (Lipinski definition) is 1. The van der Waals surface area contributed by atoms with E-state index in [-0.39, 0.29) is 11.5 Å². The highest BCUT2D eigenvalue weighted by Gasteiger charge is 2.07. The fraction of sp³-hybridized carbons (Fsp3) is 0.250. The van der Waals surface area contributed by atoms with Crippen LogP contribution in [-0.4, -0.2) is 33.0 Å². The number of nitrogens with zero attached hydrogens (tertiary/aromatic N) is 3. The molecule has 0 saturated carbocycles. The van der Waals surface area contributed by atoms with E-state index in [1.54, 1.807) is 12.3 Å². The molecule has 2 aromatic heterocycles. The van der Waals surface area contributed by atoms with Crippen LogP contribution >= 0.6 is 23.1 Å². The largest absolute Gasteiger partial charge is 0.354 e. The van der Waals surface area contributed by atoms with Crippen LogP contribution < -0.4 is 10.9 Å². The van der Waals surface area contributed by atoms with Crippen molar-refractivity contribution in [2.24, 2.45) is 0 Å². The molecule has 1 N–H and O–H groups in total. The van der Waals surface area contributed by atoms with Crippen LogP contribution in [0.2, 0.25) is 0 Å². The molecule has 0 aliphatic heterocycles. The lowest BCUT2D eigenvalue weighted by Crippen LogP contribution is -2.32. The van der Waals surface area contributed by atoms with Gasteiger partial charge < -0.3 is 5.32 Å². The third-order valence-corrected chi connectivity index (χ3v) is 5.47. The molecule has 0 aliphatic carbocycles. The maximum absolute atomic E-state index is 12.3. The summed E-state index contributed by atoms with van der Waals surface area (Å²) in [6.07, 6.45) is 1.67. The molecule has 0 spiro atoms. The molecule has 124 valence electrons. The van der Waals surface area contributed by atoms with Crippen LogP contribution in [0.4, 0.5) is 0 Å². The van der Waals surface area contributed by atoms with Gasteiger partial charge in [-0.25, -0.2) is 9.67 Å². The predicted molar refractivity (Wildman–Crippen MR) is 96.6 cm³/mol.